The maximum Gasteiger partial charge on any atom is 0.242 e. The molecule has 1 amide bonds. The van der Waals surface area contributed by atoms with Gasteiger partial charge in [-0.3, -0.25) is 4.79 Å². The molecule has 2 heterocycles. The molecule has 2 aliphatic rings. The molecule has 0 aromatic rings. The summed E-state index contributed by atoms with van der Waals surface area (Å²) in [7, 11) is 2.12. The number of carbonyl (C=O) groups is 1. The molecule has 0 aliphatic carbocycles. The van der Waals surface area contributed by atoms with Gasteiger partial charge in [0.25, 0.3) is 0 Å². The van der Waals surface area contributed by atoms with E-state index in [0.717, 1.165) is 45.3 Å². The van der Waals surface area contributed by atoms with E-state index in [9.17, 15) is 9.90 Å². The van der Waals surface area contributed by atoms with E-state index in [1.165, 1.54) is 0 Å². The van der Waals surface area contributed by atoms with Crippen LogP contribution in [0.1, 0.15) is 32.6 Å². The van der Waals surface area contributed by atoms with Crippen molar-refractivity contribution < 1.29 is 9.90 Å². The first-order valence-electron chi connectivity index (χ1n) is 7.42. The normalized spacial score (nSPS) is 29.6. The van der Waals surface area contributed by atoms with Gasteiger partial charge in [0.1, 0.15) is 0 Å². The highest BCUT2D eigenvalue weighted by Crippen LogP contribution is 2.25. The average Bonchev–Trinajstić information content (AvgIpc) is 2.85. The summed E-state index contributed by atoms with van der Waals surface area (Å²) in [5, 5.41) is 12.6. The van der Waals surface area contributed by atoms with Crippen LogP contribution in [0.3, 0.4) is 0 Å². The van der Waals surface area contributed by atoms with Crippen molar-refractivity contribution in [1.82, 2.24) is 15.1 Å². The number of aliphatic hydroxyl groups excluding tert-OH is 1. The maximum absolute atomic E-state index is 12.8. The van der Waals surface area contributed by atoms with Crippen molar-refractivity contribution in [2.24, 2.45) is 0 Å². The van der Waals surface area contributed by atoms with Gasteiger partial charge in [0, 0.05) is 12.6 Å². The first-order valence-corrected chi connectivity index (χ1v) is 7.42. The summed E-state index contributed by atoms with van der Waals surface area (Å²) in [6.07, 6.45) is 3.99. The molecule has 2 aliphatic heterocycles. The Balaban J connectivity index is 2.04. The minimum Gasteiger partial charge on any atom is -0.395 e. The predicted octanol–water partition coefficient (Wildman–Crippen LogP) is 0.0436. The third kappa shape index (κ3) is 3.27. The second-order valence-corrected chi connectivity index (χ2v) is 6.12. The summed E-state index contributed by atoms with van der Waals surface area (Å²) in [6, 6.07) is 0.287. The Morgan fingerprint density at radius 3 is 2.68 bits per heavy atom. The number of carbonyl (C=O) groups excluding carboxylic acids is 1. The second-order valence-electron chi connectivity index (χ2n) is 6.12. The van der Waals surface area contributed by atoms with Gasteiger partial charge in [0.05, 0.1) is 12.1 Å². The topological polar surface area (TPSA) is 55.8 Å². The van der Waals surface area contributed by atoms with Crippen LogP contribution in [0.2, 0.25) is 0 Å². The van der Waals surface area contributed by atoms with E-state index >= 15 is 0 Å². The van der Waals surface area contributed by atoms with E-state index in [2.05, 4.69) is 17.3 Å². The fourth-order valence-electron chi connectivity index (χ4n) is 3.26. The zero-order valence-corrected chi connectivity index (χ0v) is 12.2. The van der Waals surface area contributed by atoms with Crippen molar-refractivity contribution in [3.63, 3.8) is 0 Å². The molecule has 0 bridgehead atoms. The molecule has 0 radical (unpaired) electrons. The number of aliphatic hydroxyl groups is 1. The highest BCUT2D eigenvalue weighted by Gasteiger charge is 2.41. The monoisotopic (exact) mass is 269 g/mol. The number of nitrogens with zero attached hydrogens (tertiary/aromatic N) is 2. The molecule has 0 spiro atoms. The average molecular weight is 269 g/mol. The van der Waals surface area contributed by atoms with E-state index in [0.29, 0.717) is 6.54 Å². The highest BCUT2D eigenvalue weighted by atomic mass is 16.3. The molecule has 110 valence electrons. The summed E-state index contributed by atoms with van der Waals surface area (Å²) in [5.41, 5.74) is -0.418. The van der Waals surface area contributed by atoms with Crippen LogP contribution in [0.4, 0.5) is 0 Å². The van der Waals surface area contributed by atoms with Gasteiger partial charge in [-0.25, -0.2) is 0 Å². The molecule has 5 heteroatoms. The van der Waals surface area contributed by atoms with Crippen LogP contribution in [0.5, 0.6) is 0 Å². The van der Waals surface area contributed by atoms with Crippen molar-refractivity contribution >= 4 is 5.91 Å². The van der Waals surface area contributed by atoms with Gasteiger partial charge in [-0.15, -0.1) is 0 Å². The SMILES string of the molecule is CN1CCC(N(CCO)C(=O)C2(C)CCCN2)CC1. The van der Waals surface area contributed by atoms with E-state index in [4.69, 9.17) is 0 Å². The third-order valence-electron chi connectivity index (χ3n) is 4.57. The number of hydrogen-bond acceptors (Lipinski definition) is 4. The molecule has 19 heavy (non-hydrogen) atoms. The maximum atomic E-state index is 12.8. The Morgan fingerprint density at radius 1 is 1.47 bits per heavy atom. The summed E-state index contributed by atoms with van der Waals surface area (Å²) in [6.45, 7) is 5.50. The van der Waals surface area contributed by atoms with Crippen molar-refractivity contribution in [2.75, 3.05) is 39.8 Å². The van der Waals surface area contributed by atoms with E-state index in [-0.39, 0.29) is 18.6 Å². The largest absolute Gasteiger partial charge is 0.395 e. The van der Waals surface area contributed by atoms with Crippen LogP contribution >= 0.6 is 0 Å². The third-order valence-corrected chi connectivity index (χ3v) is 4.57. The van der Waals surface area contributed by atoms with Crippen LogP contribution in [0.25, 0.3) is 0 Å². The quantitative estimate of drug-likeness (QED) is 0.757. The zero-order valence-electron chi connectivity index (χ0n) is 12.2. The first-order chi connectivity index (χ1) is 9.07. The summed E-state index contributed by atoms with van der Waals surface area (Å²) in [4.78, 5) is 17.0. The molecule has 1 atom stereocenters. The minimum atomic E-state index is -0.418. The molecule has 2 fully saturated rings. The smallest absolute Gasteiger partial charge is 0.242 e. The molecule has 0 aromatic heterocycles. The number of hydrogen-bond donors (Lipinski definition) is 2. The lowest BCUT2D eigenvalue weighted by Gasteiger charge is -2.40. The van der Waals surface area contributed by atoms with Crippen molar-refractivity contribution in [3.05, 3.63) is 0 Å². The minimum absolute atomic E-state index is 0.0498. The van der Waals surface area contributed by atoms with Gasteiger partial charge in [0.15, 0.2) is 0 Å². The van der Waals surface area contributed by atoms with Gasteiger partial charge in [-0.05, 0) is 59.3 Å². The standard InChI is InChI=1S/C14H27N3O2/c1-14(6-3-7-15-14)13(19)17(10-11-18)12-4-8-16(2)9-5-12/h12,15,18H,3-11H2,1-2H3. The number of amides is 1. The van der Waals surface area contributed by atoms with Gasteiger partial charge >= 0.3 is 0 Å². The molecule has 5 nitrogen and oxygen atoms in total. The molecular weight excluding hydrogens is 242 g/mol. The van der Waals surface area contributed by atoms with Gasteiger partial charge in [0.2, 0.25) is 5.91 Å². The Kier molecular flexibility index (Phi) is 4.81. The van der Waals surface area contributed by atoms with Crippen LogP contribution in [0, 0.1) is 0 Å². The Bertz CT molecular complexity index is 308. The van der Waals surface area contributed by atoms with E-state index < -0.39 is 5.54 Å². The molecular formula is C14H27N3O2. The fourth-order valence-corrected chi connectivity index (χ4v) is 3.26. The Morgan fingerprint density at radius 2 is 2.16 bits per heavy atom. The molecule has 2 rings (SSSR count). The lowest BCUT2D eigenvalue weighted by Crippen LogP contribution is -2.57. The number of nitrogens with one attached hydrogen (secondary N) is 1. The highest BCUT2D eigenvalue weighted by molar-refractivity contribution is 5.86. The summed E-state index contributed by atoms with van der Waals surface area (Å²) in [5.74, 6) is 0.175. The predicted molar refractivity (Wildman–Crippen MR) is 75.0 cm³/mol. The number of rotatable bonds is 4. The molecule has 0 aromatic carbocycles. The number of piperidine rings is 1. The van der Waals surface area contributed by atoms with Gasteiger partial charge in [-0.2, -0.15) is 0 Å². The Hall–Kier alpha value is -0.650. The number of likely N-dealkylation sites (tertiary alicyclic amines) is 1. The molecule has 1 unspecified atom stereocenters. The van der Waals surface area contributed by atoms with Crippen LogP contribution in [-0.4, -0.2) is 72.2 Å². The van der Waals surface area contributed by atoms with Crippen molar-refractivity contribution in [1.29, 1.82) is 0 Å². The van der Waals surface area contributed by atoms with Crippen molar-refractivity contribution in [3.8, 4) is 0 Å². The second kappa shape index (κ2) is 6.20. The zero-order chi connectivity index (χ0) is 13.9. The summed E-state index contributed by atoms with van der Waals surface area (Å²) >= 11 is 0. The lowest BCUT2D eigenvalue weighted by atomic mass is 9.95. The van der Waals surface area contributed by atoms with E-state index in [1.54, 1.807) is 0 Å². The fraction of sp³-hybridized carbons (Fsp3) is 0.929. The van der Waals surface area contributed by atoms with Gasteiger partial charge in [-0.1, -0.05) is 0 Å². The Labute approximate surface area is 115 Å². The summed E-state index contributed by atoms with van der Waals surface area (Å²) < 4.78 is 0. The first kappa shape index (κ1) is 14.8. The van der Waals surface area contributed by atoms with Crippen LogP contribution < -0.4 is 5.32 Å². The molecule has 2 saturated heterocycles. The van der Waals surface area contributed by atoms with Crippen LogP contribution in [0.15, 0.2) is 0 Å². The van der Waals surface area contributed by atoms with E-state index in [1.807, 2.05) is 11.8 Å². The van der Waals surface area contributed by atoms with Crippen LogP contribution in [-0.2, 0) is 4.79 Å². The van der Waals surface area contributed by atoms with Gasteiger partial charge < -0.3 is 20.2 Å². The van der Waals surface area contributed by atoms with Crippen molar-refractivity contribution in [2.45, 2.75) is 44.2 Å². The molecule has 2 N–H and O–H groups in total. The molecule has 0 saturated carbocycles. The lowest BCUT2D eigenvalue weighted by molar-refractivity contribution is -0.141.